The van der Waals surface area contributed by atoms with Crippen LogP contribution in [0.1, 0.15) is 37.0 Å². The first-order valence-electron chi connectivity index (χ1n) is 31.8. The van der Waals surface area contributed by atoms with Crippen molar-refractivity contribution in [2.75, 3.05) is 4.90 Å². The second-order valence-corrected chi connectivity index (χ2v) is 13.3. The molecular formula is C58H39NO. The van der Waals surface area contributed by atoms with E-state index in [0.717, 1.165) is 10.8 Å². The van der Waals surface area contributed by atoms with Gasteiger partial charge in [-0.1, -0.05) is 169 Å². The summed E-state index contributed by atoms with van der Waals surface area (Å²) in [6.07, 6.45) is 0. The number of nitrogens with zero attached hydrogens (tertiary/aromatic N) is 1. The Morgan fingerprint density at radius 2 is 0.700 bits per heavy atom. The first kappa shape index (κ1) is 17.1. The third kappa shape index (κ3) is 6.61. The maximum absolute atomic E-state index is 9.75. The first-order chi connectivity index (χ1) is 41.0. The molecule has 0 N–H and O–H groups in total. The zero-order chi connectivity index (χ0) is 63.3. The van der Waals surface area contributed by atoms with Crippen molar-refractivity contribution < 1.29 is 41.7 Å². The molecule has 10 aromatic carbocycles. The lowest BCUT2D eigenvalue weighted by Crippen LogP contribution is -2.09. The van der Waals surface area contributed by atoms with Crippen molar-refractivity contribution in [3.05, 3.63) is 236 Å². The number of anilines is 3. The molecule has 60 heavy (non-hydrogen) atoms. The number of rotatable bonds is 7. The SMILES string of the molecule is [2H]c1c([2H])c([2H])c(-c2ccc3c(c2)-c2cc4ccccc4cc2Oc2ccc(-c4c([2H])c([2H])c(N(c5c([2H])c([2H])c(-c6c([2H])c([2H])c([2H])c([2H])c6[2H])c([2H])c5[2H])c5c([2H])c([2H])c(-c6c([2H])c([2H])c([2H])c([2H])c6[2H])c([2H])c5[2H])c([2H])c4[2H])cc2-3)c([2H])c1[2H]. The number of hydrogen-bond donors (Lipinski definition) is 0. The van der Waals surface area contributed by atoms with Gasteiger partial charge in [0.2, 0.25) is 0 Å². The van der Waals surface area contributed by atoms with Crippen molar-refractivity contribution in [2.45, 2.75) is 0 Å². The summed E-state index contributed by atoms with van der Waals surface area (Å²) in [5.74, 6) is 0.577. The quantitative estimate of drug-likeness (QED) is 0.159. The van der Waals surface area contributed by atoms with Crippen LogP contribution in [0.5, 0.6) is 11.5 Å². The summed E-state index contributed by atoms with van der Waals surface area (Å²) >= 11 is 0. The number of ether oxygens (including phenoxy) is 1. The lowest BCUT2D eigenvalue weighted by molar-refractivity contribution is 0.488. The van der Waals surface area contributed by atoms with Gasteiger partial charge in [-0.15, -0.1) is 0 Å². The fraction of sp³-hybridized carbons (Fsp3) is 0. The van der Waals surface area contributed by atoms with Gasteiger partial charge in [-0.2, -0.15) is 0 Å². The van der Waals surface area contributed by atoms with Crippen LogP contribution in [0, 0.1) is 0 Å². The summed E-state index contributed by atoms with van der Waals surface area (Å²) in [5, 5.41) is 1.58. The topological polar surface area (TPSA) is 12.5 Å². The van der Waals surface area contributed by atoms with Gasteiger partial charge < -0.3 is 9.64 Å². The van der Waals surface area contributed by atoms with Crippen molar-refractivity contribution in [3.8, 4) is 78.3 Å². The van der Waals surface area contributed by atoms with Gasteiger partial charge in [-0.3, -0.25) is 0 Å². The highest BCUT2D eigenvalue weighted by Gasteiger charge is 2.23. The van der Waals surface area contributed by atoms with Crippen LogP contribution in [0.3, 0.4) is 0 Å². The average molecular weight is 793 g/mol. The van der Waals surface area contributed by atoms with Gasteiger partial charge in [0.1, 0.15) is 11.5 Å². The van der Waals surface area contributed by atoms with Crippen molar-refractivity contribution in [2.24, 2.45) is 0 Å². The summed E-state index contributed by atoms with van der Waals surface area (Å²) < 4.78 is 247. The molecule has 0 spiro atoms. The van der Waals surface area contributed by atoms with Crippen LogP contribution in [-0.2, 0) is 0 Å². The van der Waals surface area contributed by atoms with Gasteiger partial charge in [0.05, 0.1) is 37.0 Å². The molecule has 0 bridgehead atoms. The highest BCUT2D eigenvalue weighted by atomic mass is 16.5. The highest BCUT2D eigenvalue weighted by Crippen LogP contribution is 2.50. The molecule has 0 aliphatic carbocycles. The Morgan fingerprint density at radius 3 is 1.22 bits per heavy atom. The van der Waals surface area contributed by atoms with Crippen molar-refractivity contribution in [1.29, 1.82) is 0 Å². The number of hydrogen-bond acceptors (Lipinski definition) is 2. The smallest absolute Gasteiger partial charge is 0.135 e. The van der Waals surface area contributed by atoms with Gasteiger partial charge in [0.25, 0.3) is 0 Å². The van der Waals surface area contributed by atoms with Gasteiger partial charge in [0, 0.05) is 28.2 Å². The van der Waals surface area contributed by atoms with Gasteiger partial charge in [0.15, 0.2) is 0 Å². The van der Waals surface area contributed by atoms with E-state index in [9.17, 15) is 16.4 Å². The molecular weight excluding hydrogens is 727 g/mol. The lowest BCUT2D eigenvalue weighted by Gasteiger charge is -2.26. The van der Waals surface area contributed by atoms with E-state index in [2.05, 4.69) is 0 Å². The molecule has 10 aromatic rings. The van der Waals surface area contributed by atoms with Crippen LogP contribution >= 0.6 is 0 Å². The van der Waals surface area contributed by atoms with Crippen LogP contribution in [-0.4, -0.2) is 0 Å². The second-order valence-electron chi connectivity index (χ2n) is 13.3. The van der Waals surface area contributed by atoms with Crippen LogP contribution < -0.4 is 9.64 Å². The van der Waals surface area contributed by atoms with E-state index in [4.69, 9.17) is 25.3 Å². The predicted molar refractivity (Wildman–Crippen MR) is 251 cm³/mol. The van der Waals surface area contributed by atoms with Crippen molar-refractivity contribution >= 4 is 27.8 Å². The molecule has 1 aliphatic rings. The zero-order valence-electron chi connectivity index (χ0n) is 57.8. The fourth-order valence-corrected chi connectivity index (χ4v) is 6.90. The normalized spacial score (nSPS) is 17.8. The Kier molecular flexibility index (Phi) is 4.31. The molecule has 0 atom stereocenters. The Labute approximate surface area is 388 Å². The summed E-state index contributed by atoms with van der Waals surface area (Å²) in [6, 6.07) is -4.06. The molecule has 0 radical (unpaired) electrons. The monoisotopic (exact) mass is 792 g/mol. The zero-order valence-corrected chi connectivity index (χ0v) is 30.8. The van der Waals surface area contributed by atoms with Gasteiger partial charge >= 0.3 is 0 Å². The second kappa shape index (κ2) is 15.1. The summed E-state index contributed by atoms with van der Waals surface area (Å²) in [6.45, 7) is 0. The van der Waals surface area contributed by atoms with Crippen LogP contribution in [0.25, 0.3) is 77.5 Å². The van der Waals surface area contributed by atoms with E-state index >= 15 is 0 Å². The molecule has 2 nitrogen and oxygen atoms in total. The molecule has 0 fully saturated rings. The molecule has 0 saturated heterocycles. The molecule has 11 rings (SSSR count). The summed E-state index contributed by atoms with van der Waals surface area (Å²) in [4.78, 5) is 0.443. The Hall–Kier alpha value is -7.94. The van der Waals surface area contributed by atoms with E-state index in [1.54, 1.807) is 24.3 Å². The standard InChI is InChI=1S/C58H39NO/c1-4-12-40(13-5-1)43-20-28-50(29-21-43)59(51-30-22-44(23-31-51)41-14-6-2-7-15-41)52-32-24-45(25-33-52)49-27-35-57-55(38-49)53-34-26-48(42-16-8-3-9-17-42)36-54(53)56-37-46-18-10-11-19-47(46)39-58(56)60-57/h1-39H/i1D,2D,3D,4D,5D,6D,7D,8D,9D,12D,13D,14D,15D,16D,17D,20D,21D,22D,23D,24D,25D,28D,29D,30D,31D,32D,33D. The lowest BCUT2D eigenvalue weighted by atomic mass is 9.89. The van der Waals surface area contributed by atoms with Crippen molar-refractivity contribution in [1.82, 2.24) is 0 Å². The maximum atomic E-state index is 9.75. The molecule has 282 valence electrons. The number of benzene rings is 10. The van der Waals surface area contributed by atoms with E-state index < -0.39 is 208 Å². The third-order valence-corrected chi connectivity index (χ3v) is 9.73. The average Bonchev–Trinajstić information content (AvgIpc) is 1.12. The summed E-state index contributed by atoms with van der Waals surface area (Å²) in [7, 11) is 0. The van der Waals surface area contributed by atoms with Gasteiger partial charge in [-0.25, -0.2) is 0 Å². The molecule has 1 aliphatic heterocycles. The number of fused-ring (bicyclic) bond motifs is 6. The first-order valence-corrected chi connectivity index (χ1v) is 18.3. The summed E-state index contributed by atoms with van der Waals surface area (Å²) in [5.41, 5.74) is -4.73. The van der Waals surface area contributed by atoms with Crippen LogP contribution in [0.4, 0.5) is 17.1 Å². The highest BCUT2D eigenvalue weighted by molar-refractivity contribution is 5.99. The van der Waals surface area contributed by atoms with E-state index in [1.165, 1.54) is 18.2 Å². The minimum absolute atomic E-state index is 0.0173. The molecule has 0 unspecified atom stereocenters. The van der Waals surface area contributed by atoms with Crippen LogP contribution in [0.2, 0.25) is 0 Å². The minimum atomic E-state index is -1.17. The van der Waals surface area contributed by atoms with E-state index in [0.29, 0.717) is 32.9 Å². The predicted octanol–water partition coefficient (Wildman–Crippen LogP) is 16.4. The molecule has 2 heteroatoms. The van der Waals surface area contributed by atoms with E-state index in [-0.39, 0.29) is 22.4 Å². The van der Waals surface area contributed by atoms with Crippen molar-refractivity contribution in [3.63, 3.8) is 0 Å². The Morgan fingerprint density at radius 1 is 0.300 bits per heavy atom. The van der Waals surface area contributed by atoms with Crippen LogP contribution in [0.15, 0.2) is 236 Å². The van der Waals surface area contributed by atoms with Gasteiger partial charge in [-0.05, 0) is 133 Å². The molecule has 0 amide bonds. The Bertz CT molecular complexity index is 4460. The molecule has 0 saturated carbocycles. The molecule has 0 aromatic heterocycles. The van der Waals surface area contributed by atoms with E-state index in [1.807, 2.05) is 30.3 Å². The fourth-order valence-electron chi connectivity index (χ4n) is 6.90. The largest absolute Gasteiger partial charge is 0.456 e. The molecule has 1 heterocycles. The maximum Gasteiger partial charge on any atom is 0.135 e. The minimum Gasteiger partial charge on any atom is -0.456 e. The Balaban J connectivity index is 1.18. The third-order valence-electron chi connectivity index (χ3n) is 9.73.